The largest absolute Gasteiger partial charge is 0.350 e. The van der Waals surface area contributed by atoms with Crippen molar-refractivity contribution in [3.05, 3.63) is 70.8 Å². The smallest absolute Gasteiger partial charge is 0.251 e. The minimum atomic E-state index is -0.128. The zero-order valence-corrected chi connectivity index (χ0v) is 13.8. The maximum Gasteiger partial charge on any atom is 0.251 e. The number of hydrogen-bond acceptors (Lipinski definition) is 3. The molecule has 24 heavy (non-hydrogen) atoms. The molecule has 0 saturated carbocycles. The van der Waals surface area contributed by atoms with Crippen molar-refractivity contribution >= 4 is 5.91 Å². The molecule has 1 aliphatic heterocycles. The molecule has 1 atom stereocenters. The zero-order valence-electron chi connectivity index (χ0n) is 13.8. The SMILES string of the molecule is CC(CNC(=O)c1cccc(C#N)c1)N1CCc2ccccc2C1. The molecule has 0 saturated heterocycles. The molecular weight excluding hydrogens is 298 g/mol. The van der Waals surface area contributed by atoms with Gasteiger partial charge in [-0.05, 0) is 42.7 Å². The van der Waals surface area contributed by atoms with Crippen LogP contribution in [0.2, 0.25) is 0 Å². The van der Waals surface area contributed by atoms with E-state index in [1.807, 2.05) is 0 Å². The van der Waals surface area contributed by atoms with Gasteiger partial charge in [0.25, 0.3) is 5.91 Å². The summed E-state index contributed by atoms with van der Waals surface area (Å²) in [6, 6.07) is 17.7. The van der Waals surface area contributed by atoms with Crippen molar-refractivity contribution in [2.45, 2.75) is 25.9 Å². The highest BCUT2D eigenvalue weighted by Crippen LogP contribution is 2.20. The van der Waals surface area contributed by atoms with Gasteiger partial charge in [-0.3, -0.25) is 9.69 Å². The van der Waals surface area contributed by atoms with E-state index < -0.39 is 0 Å². The third kappa shape index (κ3) is 3.64. The molecule has 1 N–H and O–H groups in total. The van der Waals surface area contributed by atoms with Gasteiger partial charge >= 0.3 is 0 Å². The lowest BCUT2D eigenvalue weighted by Gasteiger charge is -2.33. The molecule has 0 fully saturated rings. The minimum absolute atomic E-state index is 0.128. The van der Waals surface area contributed by atoms with Crippen molar-refractivity contribution in [3.8, 4) is 6.07 Å². The van der Waals surface area contributed by atoms with Gasteiger partial charge in [0.2, 0.25) is 0 Å². The molecule has 0 aliphatic carbocycles. The first kappa shape index (κ1) is 16.2. The number of hydrogen-bond donors (Lipinski definition) is 1. The Balaban J connectivity index is 1.57. The van der Waals surface area contributed by atoms with Gasteiger partial charge in [-0.25, -0.2) is 0 Å². The number of rotatable bonds is 4. The van der Waals surface area contributed by atoms with Gasteiger partial charge in [0, 0.05) is 31.2 Å². The third-order valence-electron chi connectivity index (χ3n) is 4.60. The second-order valence-electron chi connectivity index (χ2n) is 6.24. The Labute approximate surface area is 142 Å². The van der Waals surface area contributed by atoms with Crippen molar-refractivity contribution in [2.24, 2.45) is 0 Å². The van der Waals surface area contributed by atoms with Crippen molar-refractivity contribution in [2.75, 3.05) is 13.1 Å². The maximum atomic E-state index is 12.3. The van der Waals surface area contributed by atoms with Crippen LogP contribution in [0.3, 0.4) is 0 Å². The van der Waals surface area contributed by atoms with Gasteiger partial charge < -0.3 is 5.32 Å². The fourth-order valence-electron chi connectivity index (χ4n) is 3.10. The van der Waals surface area contributed by atoms with Gasteiger partial charge in [0.15, 0.2) is 0 Å². The van der Waals surface area contributed by atoms with Gasteiger partial charge in [0.1, 0.15) is 0 Å². The summed E-state index contributed by atoms with van der Waals surface area (Å²) in [4.78, 5) is 14.7. The Bertz CT molecular complexity index is 778. The Morgan fingerprint density at radius 1 is 1.25 bits per heavy atom. The Morgan fingerprint density at radius 2 is 2.04 bits per heavy atom. The molecule has 2 aromatic carbocycles. The summed E-state index contributed by atoms with van der Waals surface area (Å²) in [6.45, 7) is 4.67. The number of nitriles is 1. The zero-order chi connectivity index (χ0) is 16.9. The fraction of sp³-hybridized carbons (Fsp3) is 0.300. The molecule has 3 rings (SSSR count). The van der Waals surface area contributed by atoms with Crippen molar-refractivity contribution in [1.82, 2.24) is 10.2 Å². The normalized spacial score (nSPS) is 15.2. The van der Waals surface area contributed by atoms with Crippen LogP contribution in [0, 0.1) is 11.3 Å². The van der Waals surface area contributed by atoms with E-state index in [2.05, 4.69) is 47.5 Å². The van der Waals surface area contributed by atoms with E-state index in [0.29, 0.717) is 17.7 Å². The van der Waals surface area contributed by atoms with Crippen molar-refractivity contribution in [1.29, 1.82) is 5.26 Å². The molecule has 1 amide bonds. The molecule has 4 nitrogen and oxygen atoms in total. The summed E-state index contributed by atoms with van der Waals surface area (Å²) in [5, 5.41) is 11.9. The standard InChI is InChI=1S/C20H21N3O/c1-15(23-10-9-17-6-2-3-7-19(17)14-23)13-22-20(24)18-8-4-5-16(11-18)12-21/h2-8,11,15H,9-10,13-14H2,1H3,(H,22,24). The second-order valence-corrected chi connectivity index (χ2v) is 6.24. The summed E-state index contributed by atoms with van der Waals surface area (Å²) >= 11 is 0. The van der Waals surface area contributed by atoms with Crippen molar-refractivity contribution < 1.29 is 4.79 Å². The number of fused-ring (bicyclic) bond motifs is 1. The lowest BCUT2D eigenvalue weighted by Crippen LogP contribution is -2.44. The van der Waals surface area contributed by atoms with Crippen LogP contribution in [0.15, 0.2) is 48.5 Å². The molecule has 0 spiro atoms. The fourth-order valence-corrected chi connectivity index (χ4v) is 3.10. The summed E-state index contributed by atoms with van der Waals surface area (Å²) in [7, 11) is 0. The highest BCUT2D eigenvalue weighted by molar-refractivity contribution is 5.94. The highest BCUT2D eigenvalue weighted by Gasteiger charge is 2.20. The van der Waals surface area contributed by atoms with Gasteiger partial charge in [0.05, 0.1) is 11.6 Å². The summed E-state index contributed by atoms with van der Waals surface area (Å²) < 4.78 is 0. The first-order chi connectivity index (χ1) is 11.7. The van der Waals surface area contributed by atoms with E-state index in [1.165, 1.54) is 11.1 Å². The molecule has 0 bridgehead atoms. The van der Waals surface area contributed by atoms with E-state index in [4.69, 9.17) is 5.26 Å². The van der Waals surface area contributed by atoms with Crippen LogP contribution in [0.5, 0.6) is 0 Å². The number of amides is 1. The number of nitrogens with zero attached hydrogens (tertiary/aromatic N) is 2. The van der Waals surface area contributed by atoms with Crippen LogP contribution < -0.4 is 5.32 Å². The topological polar surface area (TPSA) is 56.1 Å². The molecule has 1 unspecified atom stereocenters. The Morgan fingerprint density at radius 3 is 2.83 bits per heavy atom. The number of nitrogens with one attached hydrogen (secondary N) is 1. The molecule has 1 aliphatic rings. The van der Waals surface area contributed by atoms with Crippen LogP contribution in [-0.4, -0.2) is 29.9 Å². The first-order valence-corrected chi connectivity index (χ1v) is 8.26. The summed E-state index contributed by atoms with van der Waals surface area (Å²) in [5.41, 5.74) is 3.84. The molecule has 1 heterocycles. The molecule has 4 heteroatoms. The predicted octanol–water partition coefficient (Wildman–Crippen LogP) is 2.73. The number of carbonyl (C=O) groups is 1. The van der Waals surface area contributed by atoms with Crippen LogP contribution in [0.1, 0.15) is 34.0 Å². The number of benzene rings is 2. The lowest BCUT2D eigenvalue weighted by atomic mass is 9.99. The van der Waals surface area contributed by atoms with E-state index in [0.717, 1.165) is 19.5 Å². The average molecular weight is 319 g/mol. The van der Waals surface area contributed by atoms with Crippen LogP contribution in [-0.2, 0) is 13.0 Å². The average Bonchev–Trinajstić information content (AvgIpc) is 2.65. The Hall–Kier alpha value is -2.64. The molecule has 122 valence electrons. The van der Waals surface area contributed by atoms with E-state index in [-0.39, 0.29) is 11.9 Å². The van der Waals surface area contributed by atoms with E-state index >= 15 is 0 Å². The second kappa shape index (κ2) is 7.29. The van der Waals surface area contributed by atoms with E-state index in [1.54, 1.807) is 24.3 Å². The first-order valence-electron chi connectivity index (χ1n) is 8.26. The third-order valence-corrected chi connectivity index (χ3v) is 4.60. The highest BCUT2D eigenvalue weighted by atomic mass is 16.1. The molecule has 2 aromatic rings. The van der Waals surface area contributed by atoms with Gasteiger partial charge in [-0.2, -0.15) is 5.26 Å². The van der Waals surface area contributed by atoms with E-state index in [9.17, 15) is 4.79 Å². The quantitative estimate of drug-likeness (QED) is 0.943. The Kier molecular flexibility index (Phi) is 4.93. The summed E-state index contributed by atoms with van der Waals surface area (Å²) in [6.07, 6.45) is 1.05. The molecular formula is C20H21N3O. The number of carbonyl (C=O) groups excluding carboxylic acids is 1. The van der Waals surface area contributed by atoms with Crippen LogP contribution >= 0.6 is 0 Å². The molecule has 0 aromatic heterocycles. The monoisotopic (exact) mass is 319 g/mol. The van der Waals surface area contributed by atoms with Crippen LogP contribution in [0.4, 0.5) is 0 Å². The van der Waals surface area contributed by atoms with Gasteiger partial charge in [-0.1, -0.05) is 30.3 Å². The van der Waals surface area contributed by atoms with Gasteiger partial charge in [-0.15, -0.1) is 0 Å². The summed E-state index contributed by atoms with van der Waals surface area (Å²) in [5.74, 6) is -0.128. The minimum Gasteiger partial charge on any atom is -0.350 e. The predicted molar refractivity (Wildman–Crippen MR) is 93.5 cm³/mol. The molecule has 0 radical (unpaired) electrons. The maximum absolute atomic E-state index is 12.3. The van der Waals surface area contributed by atoms with Crippen LogP contribution in [0.25, 0.3) is 0 Å². The lowest BCUT2D eigenvalue weighted by molar-refractivity contribution is 0.0932. The van der Waals surface area contributed by atoms with Crippen molar-refractivity contribution in [3.63, 3.8) is 0 Å².